The number of hydrogen-bond donors (Lipinski definition) is 1. The molecule has 12 heteroatoms. The molecule has 0 bridgehead atoms. The van der Waals surface area contributed by atoms with Gasteiger partial charge in [0.15, 0.2) is 5.66 Å². The molecule has 1 amide bonds. The molecule has 0 aliphatic carbocycles. The number of rotatable bonds is 8. The molecule has 2 aliphatic heterocycles. The minimum absolute atomic E-state index is 0.0585. The van der Waals surface area contributed by atoms with E-state index < -0.39 is 36.8 Å². The largest absolute Gasteiger partial charge is 0.469 e. The van der Waals surface area contributed by atoms with Crippen LogP contribution < -0.4 is 19.1 Å². The normalized spacial score (nSPS) is 19.9. The van der Waals surface area contributed by atoms with Gasteiger partial charge < -0.3 is 33.2 Å². The van der Waals surface area contributed by atoms with Crippen LogP contribution in [0.15, 0.2) is 108 Å². The predicted molar refractivity (Wildman–Crippen MR) is 186 cm³/mol. The summed E-state index contributed by atoms with van der Waals surface area (Å²) in [6.07, 6.45) is 0. The Hall–Kier alpha value is -5.80. The van der Waals surface area contributed by atoms with E-state index in [1.807, 2.05) is 0 Å². The quantitative estimate of drug-likeness (QED) is 0.0978. The average Bonchev–Trinajstić information content (AvgIpc) is 3.55. The molecule has 1 aromatic heterocycles. The van der Waals surface area contributed by atoms with Gasteiger partial charge in [0.2, 0.25) is 0 Å². The number of para-hydroxylation sites is 3. The van der Waals surface area contributed by atoms with E-state index in [0.29, 0.717) is 33.5 Å². The van der Waals surface area contributed by atoms with E-state index in [1.165, 1.54) is 4.90 Å². The van der Waals surface area contributed by atoms with Crippen LogP contribution in [-0.2, 0) is 24.6 Å². The van der Waals surface area contributed by atoms with Crippen molar-refractivity contribution in [1.29, 1.82) is 0 Å². The number of anilines is 1. The Bertz CT molecular complexity index is 2190. The lowest BCUT2D eigenvalue weighted by molar-refractivity contribution is -0.147. The molecular weight excluding hydrogens is 659 g/mol. The van der Waals surface area contributed by atoms with Crippen LogP contribution >= 0.6 is 7.60 Å². The van der Waals surface area contributed by atoms with Gasteiger partial charge in [-0.2, -0.15) is 0 Å². The van der Waals surface area contributed by atoms with E-state index in [-0.39, 0.29) is 34.3 Å². The number of carbonyl (C=O) groups excluding carboxylic acids is 3. The van der Waals surface area contributed by atoms with Gasteiger partial charge in [0.1, 0.15) is 40.2 Å². The molecule has 4 aromatic carbocycles. The number of fused-ring (bicyclic) bond motifs is 4. The predicted octanol–water partition coefficient (Wildman–Crippen LogP) is 7.73. The fraction of sp³-hybridized carbons (Fsp3) is 0.184. The first-order valence-corrected chi connectivity index (χ1v) is 17.4. The van der Waals surface area contributed by atoms with Crippen molar-refractivity contribution in [3.8, 4) is 17.2 Å². The van der Waals surface area contributed by atoms with Gasteiger partial charge in [-0.15, -0.1) is 0 Å². The highest BCUT2D eigenvalue weighted by Crippen LogP contribution is 2.61. The monoisotopic (exact) mass is 692 g/mol. The minimum Gasteiger partial charge on any atom is -0.469 e. The van der Waals surface area contributed by atoms with E-state index in [4.69, 9.17) is 22.9 Å². The van der Waals surface area contributed by atoms with Crippen LogP contribution in [-0.4, -0.2) is 42.6 Å². The molecule has 0 radical (unpaired) electrons. The second-order valence-electron chi connectivity index (χ2n) is 12.3. The van der Waals surface area contributed by atoms with Crippen molar-refractivity contribution in [1.82, 2.24) is 4.90 Å². The molecule has 254 valence electrons. The van der Waals surface area contributed by atoms with Crippen LogP contribution in [0.2, 0.25) is 0 Å². The molecule has 2 aliphatic rings. The van der Waals surface area contributed by atoms with Crippen LogP contribution in [0.5, 0.6) is 17.2 Å². The maximum absolute atomic E-state index is 15.2. The molecule has 3 heterocycles. The zero-order chi connectivity index (χ0) is 35.4. The van der Waals surface area contributed by atoms with E-state index in [1.54, 1.807) is 118 Å². The van der Waals surface area contributed by atoms with Crippen LogP contribution in [0.1, 0.15) is 47.0 Å². The average molecular weight is 693 g/mol. The Balaban J connectivity index is 1.50. The second-order valence-corrected chi connectivity index (χ2v) is 14.3. The van der Waals surface area contributed by atoms with E-state index in [2.05, 4.69) is 11.9 Å². The Kier molecular flexibility index (Phi) is 8.03. The van der Waals surface area contributed by atoms with Crippen LogP contribution in [0, 0.1) is 0 Å². The molecular formula is C38H33N2O9P. The third-order valence-corrected chi connectivity index (χ3v) is 11.2. The fourth-order valence-electron chi connectivity index (χ4n) is 6.44. The first-order chi connectivity index (χ1) is 23.9. The standard InChI is InChI=1S/C38H33N2O9P/c1-22(2)29-21-23-20-27(38(3)39-28-19-13-12-18-26(28)35(41)40(38)4)33-30(32(23)46-29)31(36(42)45-5)34(37(43)47-33)50(44,48-24-14-8-6-9-15-24)49-25-16-10-7-11-17-25/h6-21,31,34,39H,1H2,2-5H3/t31-,34+,38?/m0/s1. The zero-order valence-corrected chi connectivity index (χ0v) is 28.6. The molecule has 3 atom stereocenters. The maximum atomic E-state index is 15.2. The number of methoxy groups -OCH3 is 1. The van der Waals surface area contributed by atoms with Crippen molar-refractivity contribution in [3.63, 3.8) is 0 Å². The number of esters is 2. The van der Waals surface area contributed by atoms with Crippen molar-refractivity contribution >= 4 is 47.7 Å². The van der Waals surface area contributed by atoms with Crippen molar-refractivity contribution in [2.24, 2.45) is 0 Å². The van der Waals surface area contributed by atoms with Crippen molar-refractivity contribution < 1.29 is 41.9 Å². The highest BCUT2D eigenvalue weighted by molar-refractivity contribution is 7.56. The summed E-state index contributed by atoms with van der Waals surface area (Å²) in [5.74, 6) is -3.27. The number of nitrogens with zero attached hydrogens (tertiary/aromatic N) is 1. The third kappa shape index (κ3) is 5.31. The number of hydrogen-bond acceptors (Lipinski definition) is 10. The van der Waals surface area contributed by atoms with Crippen molar-refractivity contribution in [2.75, 3.05) is 19.5 Å². The van der Waals surface area contributed by atoms with Gasteiger partial charge in [-0.1, -0.05) is 55.1 Å². The maximum Gasteiger partial charge on any atom is 0.446 e. The molecule has 11 nitrogen and oxygen atoms in total. The fourth-order valence-corrected chi connectivity index (χ4v) is 8.48. The number of amides is 1. The summed E-state index contributed by atoms with van der Waals surface area (Å²) in [6.45, 7) is 7.53. The number of benzene rings is 4. The topological polar surface area (TPSA) is 134 Å². The first kappa shape index (κ1) is 32.7. The summed E-state index contributed by atoms with van der Waals surface area (Å²) in [5, 5.41) is 3.95. The Morgan fingerprint density at radius 2 is 1.54 bits per heavy atom. The Morgan fingerprint density at radius 3 is 2.14 bits per heavy atom. The van der Waals surface area contributed by atoms with E-state index in [0.717, 1.165) is 7.11 Å². The van der Waals surface area contributed by atoms with Gasteiger partial charge in [-0.05, 0) is 68.0 Å². The molecule has 1 N–H and O–H groups in total. The van der Waals surface area contributed by atoms with E-state index >= 15 is 4.57 Å². The third-order valence-electron chi connectivity index (χ3n) is 9.07. The van der Waals surface area contributed by atoms with Gasteiger partial charge >= 0.3 is 19.5 Å². The van der Waals surface area contributed by atoms with Gasteiger partial charge in [0.25, 0.3) is 5.91 Å². The Morgan fingerprint density at radius 1 is 0.940 bits per heavy atom. The highest BCUT2D eigenvalue weighted by Gasteiger charge is 2.59. The summed E-state index contributed by atoms with van der Waals surface area (Å²) in [7, 11) is -1.92. The lowest BCUT2D eigenvalue weighted by Crippen LogP contribution is -2.54. The van der Waals surface area contributed by atoms with E-state index in [9.17, 15) is 14.4 Å². The number of allylic oxidation sites excluding steroid dienone is 1. The first-order valence-electron chi connectivity index (χ1n) is 15.8. The van der Waals surface area contributed by atoms with Crippen LogP contribution in [0.3, 0.4) is 0 Å². The van der Waals surface area contributed by atoms with Gasteiger partial charge in [0, 0.05) is 23.7 Å². The summed E-state index contributed by atoms with van der Waals surface area (Å²) in [5.41, 5.74) is -0.977. The summed E-state index contributed by atoms with van der Waals surface area (Å²) in [4.78, 5) is 43.7. The molecule has 0 saturated heterocycles. The molecule has 50 heavy (non-hydrogen) atoms. The lowest BCUT2D eigenvalue weighted by Gasteiger charge is -2.46. The van der Waals surface area contributed by atoms with Crippen molar-refractivity contribution in [3.05, 3.63) is 126 Å². The second kappa shape index (κ2) is 12.3. The Labute approximate surface area is 287 Å². The molecule has 0 spiro atoms. The number of ether oxygens (including phenoxy) is 2. The molecule has 5 aromatic rings. The lowest BCUT2D eigenvalue weighted by atomic mass is 9.84. The molecule has 0 saturated carbocycles. The molecule has 7 rings (SSSR count). The van der Waals surface area contributed by atoms with Gasteiger partial charge in [-0.25, -0.2) is 4.57 Å². The smallest absolute Gasteiger partial charge is 0.446 e. The number of furan rings is 1. The van der Waals surface area contributed by atoms with Gasteiger partial charge in [0.05, 0.1) is 18.2 Å². The molecule has 0 fully saturated rings. The summed E-state index contributed by atoms with van der Waals surface area (Å²) < 4.78 is 45.1. The number of nitrogens with one attached hydrogen (secondary N) is 1. The van der Waals surface area contributed by atoms with Crippen molar-refractivity contribution in [2.45, 2.75) is 31.1 Å². The van der Waals surface area contributed by atoms with Crippen LogP contribution in [0.4, 0.5) is 5.69 Å². The van der Waals surface area contributed by atoms with Gasteiger partial charge in [-0.3, -0.25) is 14.4 Å². The number of carbonyl (C=O) groups is 3. The highest BCUT2D eigenvalue weighted by atomic mass is 31.2. The SMILES string of the molecule is C=C(C)c1cc2cc(C3(C)Nc4ccccc4C(=O)N3C)c3c(c2o1)[C@H](C(=O)OC)[C@@H](P(=O)(Oc1ccccc1)Oc1ccccc1)C(=O)O3. The summed E-state index contributed by atoms with van der Waals surface area (Å²) in [6, 6.07) is 26.9. The zero-order valence-electron chi connectivity index (χ0n) is 27.7. The van der Waals surface area contributed by atoms with Crippen LogP contribution in [0.25, 0.3) is 16.5 Å². The minimum atomic E-state index is -4.71. The summed E-state index contributed by atoms with van der Waals surface area (Å²) >= 11 is 0. The molecule has 1 unspecified atom stereocenters.